The number of aromatic nitrogens is 1. The minimum atomic E-state index is 1.18. The van der Waals surface area contributed by atoms with Crippen molar-refractivity contribution in [1.29, 1.82) is 0 Å². The van der Waals surface area contributed by atoms with Gasteiger partial charge < -0.3 is 4.57 Å². The predicted octanol–water partition coefficient (Wildman–Crippen LogP) is 10.9. The van der Waals surface area contributed by atoms with Gasteiger partial charge in [0.15, 0.2) is 0 Å². The second-order valence-electron chi connectivity index (χ2n) is 10.5. The van der Waals surface area contributed by atoms with Crippen LogP contribution in [-0.4, -0.2) is 4.57 Å². The van der Waals surface area contributed by atoms with Crippen LogP contribution in [0.3, 0.4) is 0 Å². The number of para-hydroxylation sites is 1. The van der Waals surface area contributed by atoms with E-state index < -0.39 is 0 Å². The summed E-state index contributed by atoms with van der Waals surface area (Å²) in [6, 6.07) is 51.2. The molecule has 9 rings (SSSR count). The molecule has 0 fully saturated rings. The molecular formula is C38H23NS. The molecule has 0 bridgehead atoms. The highest BCUT2D eigenvalue weighted by Gasteiger charge is 2.20. The van der Waals surface area contributed by atoms with E-state index in [0.29, 0.717) is 0 Å². The van der Waals surface area contributed by atoms with Crippen LogP contribution in [0.1, 0.15) is 0 Å². The highest BCUT2D eigenvalue weighted by Crippen LogP contribution is 2.49. The highest BCUT2D eigenvalue weighted by atomic mass is 32.2. The lowest BCUT2D eigenvalue weighted by Gasteiger charge is -2.21. The van der Waals surface area contributed by atoms with Gasteiger partial charge in [-0.05, 0) is 74.8 Å². The summed E-state index contributed by atoms with van der Waals surface area (Å²) in [6.45, 7) is 0. The van der Waals surface area contributed by atoms with Gasteiger partial charge in [0.1, 0.15) is 0 Å². The fourth-order valence-corrected chi connectivity index (χ4v) is 7.77. The average molecular weight is 526 g/mol. The summed E-state index contributed by atoms with van der Waals surface area (Å²) in [7, 11) is 0. The average Bonchev–Trinajstić information content (AvgIpc) is 3.36. The van der Waals surface area contributed by atoms with Gasteiger partial charge in [-0.2, -0.15) is 0 Å². The fraction of sp³-hybridized carbons (Fsp3) is 0. The summed E-state index contributed by atoms with van der Waals surface area (Å²) in [6.07, 6.45) is 0. The zero-order valence-electron chi connectivity index (χ0n) is 21.6. The summed E-state index contributed by atoms with van der Waals surface area (Å²) in [5.41, 5.74) is 8.83. The number of fused-ring (bicyclic) bond motifs is 7. The maximum Gasteiger partial charge on any atom is 0.0547 e. The van der Waals surface area contributed by atoms with Crippen LogP contribution < -0.4 is 0 Å². The van der Waals surface area contributed by atoms with Gasteiger partial charge in [0, 0.05) is 31.6 Å². The van der Waals surface area contributed by atoms with Crippen LogP contribution in [0.4, 0.5) is 0 Å². The standard InChI is InChI=1S/C38H23NS/c1-2-9-28-24(8-1)18-22-34-37(28)32-11-3-5-14-33(32)39(34)26-19-16-25(17-20-26)27-21-23-36-38-30(27)12-7-13-31(38)29-10-4-6-15-35(29)40-36/h1-23H. The number of rotatable bonds is 2. The first-order valence-electron chi connectivity index (χ1n) is 13.7. The molecule has 8 aromatic rings. The van der Waals surface area contributed by atoms with E-state index in [-0.39, 0.29) is 0 Å². The van der Waals surface area contributed by atoms with E-state index in [9.17, 15) is 0 Å². The van der Waals surface area contributed by atoms with Crippen molar-refractivity contribution in [3.63, 3.8) is 0 Å². The Morgan fingerprint density at radius 3 is 2.08 bits per heavy atom. The molecule has 0 unspecified atom stereocenters. The topological polar surface area (TPSA) is 4.93 Å². The van der Waals surface area contributed by atoms with E-state index in [1.807, 2.05) is 11.8 Å². The molecule has 1 aliphatic rings. The monoisotopic (exact) mass is 525 g/mol. The molecule has 2 heterocycles. The van der Waals surface area contributed by atoms with Gasteiger partial charge in [-0.25, -0.2) is 0 Å². The minimum absolute atomic E-state index is 1.18. The third-order valence-electron chi connectivity index (χ3n) is 8.40. The Bertz CT molecular complexity index is 2290. The zero-order chi connectivity index (χ0) is 26.2. The van der Waals surface area contributed by atoms with Gasteiger partial charge in [-0.3, -0.25) is 0 Å². The Hall–Kier alpha value is -4.79. The smallest absolute Gasteiger partial charge is 0.0547 e. The van der Waals surface area contributed by atoms with Crippen molar-refractivity contribution in [3.8, 4) is 27.9 Å². The van der Waals surface area contributed by atoms with Crippen LogP contribution in [-0.2, 0) is 0 Å². The second-order valence-corrected chi connectivity index (χ2v) is 11.6. The second kappa shape index (κ2) is 8.35. The normalized spacial score (nSPS) is 12.4. The van der Waals surface area contributed by atoms with Crippen molar-refractivity contribution >= 4 is 55.1 Å². The Morgan fingerprint density at radius 2 is 1.15 bits per heavy atom. The van der Waals surface area contributed by atoms with Crippen LogP contribution in [0.5, 0.6) is 0 Å². The summed E-state index contributed by atoms with van der Waals surface area (Å²) in [5, 5.41) is 7.86. The first-order valence-corrected chi connectivity index (χ1v) is 14.5. The molecule has 0 amide bonds. The maximum absolute atomic E-state index is 2.41. The molecule has 1 aliphatic heterocycles. The third kappa shape index (κ3) is 3.05. The van der Waals surface area contributed by atoms with Gasteiger partial charge in [0.05, 0.1) is 11.0 Å². The minimum Gasteiger partial charge on any atom is -0.309 e. The third-order valence-corrected chi connectivity index (χ3v) is 9.53. The van der Waals surface area contributed by atoms with Crippen molar-refractivity contribution in [2.75, 3.05) is 0 Å². The molecule has 0 saturated heterocycles. The largest absolute Gasteiger partial charge is 0.309 e. The molecule has 0 aliphatic carbocycles. The van der Waals surface area contributed by atoms with E-state index in [2.05, 4.69) is 144 Å². The maximum atomic E-state index is 2.41. The van der Waals surface area contributed by atoms with Crippen LogP contribution >= 0.6 is 11.8 Å². The molecule has 0 spiro atoms. The van der Waals surface area contributed by atoms with Gasteiger partial charge in [0.2, 0.25) is 0 Å². The molecule has 40 heavy (non-hydrogen) atoms. The van der Waals surface area contributed by atoms with E-state index in [4.69, 9.17) is 0 Å². The van der Waals surface area contributed by atoms with Crippen molar-refractivity contribution in [1.82, 2.24) is 4.57 Å². The number of benzene rings is 7. The highest BCUT2D eigenvalue weighted by molar-refractivity contribution is 7.99. The summed E-state index contributed by atoms with van der Waals surface area (Å²) in [4.78, 5) is 2.67. The van der Waals surface area contributed by atoms with Gasteiger partial charge in [-0.1, -0.05) is 115 Å². The molecule has 0 radical (unpaired) electrons. The van der Waals surface area contributed by atoms with Crippen molar-refractivity contribution < 1.29 is 0 Å². The zero-order valence-corrected chi connectivity index (χ0v) is 22.5. The Kier molecular flexibility index (Phi) is 4.61. The molecule has 0 saturated carbocycles. The molecule has 0 atom stereocenters. The summed E-state index contributed by atoms with van der Waals surface area (Å²) in [5.74, 6) is 0. The van der Waals surface area contributed by atoms with Crippen molar-refractivity contribution in [2.24, 2.45) is 0 Å². The Morgan fingerprint density at radius 1 is 0.400 bits per heavy atom. The van der Waals surface area contributed by atoms with E-state index in [1.54, 1.807) is 0 Å². The van der Waals surface area contributed by atoms with E-state index in [1.165, 1.54) is 81.1 Å². The van der Waals surface area contributed by atoms with Crippen LogP contribution in [0.15, 0.2) is 149 Å². The SMILES string of the molecule is c1ccc2c(c1)Sc1ccc(-c3ccc(-n4c5ccccc5c5c6ccccc6ccc54)cc3)c3cccc-2c13. The van der Waals surface area contributed by atoms with Crippen LogP contribution in [0, 0.1) is 0 Å². The lowest BCUT2D eigenvalue weighted by atomic mass is 9.92. The number of hydrogen-bond donors (Lipinski definition) is 0. The molecule has 1 nitrogen and oxygen atoms in total. The first kappa shape index (κ1) is 22.1. The summed E-state index contributed by atoms with van der Waals surface area (Å²) < 4.78 is 2.41. The number of hydrogen-bond acceptors (Lipinski definition) is 1. The summed E-state index contributed by atoms with van der Waals surface area (Å²) >= 11 is 1.88. The quantitative estimate of drug-likeness (QED) is 0.217. The molecule has 2 heteroatoms. The Labute approximate surface area is 236 Å². The first-order chi connectivity index (χ1) is 19.8. The molecule has 7 aromatic carbocycles. The molecule has 1 aromatic heterocycles. The van der Waals surface area contributed by atoms with Gasteiger partial charge in [-0.15, -0.1) is 0 Å². The van der Waals surface area contributed by atoms with Gasteiger partial charge >= 0.3 is 0 Å². The van der Waals surface area contributed by atoms with Gasteiger partial charge in [0.25, 0.3) is 0 Å². The van der Waals surface area contributed by atoms with Crippen molar-refractivity contribution in [2.45, 2.75) is 9.79 Å². The molecule has 0 N–H and O–H groups in total. The molecular weight excluding hydrogens is 502 g/mol. The lowest BCUT2D eigenvalue weighted by molar-refractivity contribution is 1.18. The van der Waals surface area contributed by atoms with Crippen molar-refractivity contribution in [3.05, 3.63) is 140 Å². The van der Waals surface area contributed by atoms with E-state index >= 15 is 0 Å². The Balaban J connectivity index is 1.23. The number of nitrogens with zero attached hydrogens (tertiary/aromatic N) is 1. The fourth-order valence-electron chi connectivity index (χ4n) is 6.64. The van der Waals surface area contributed by atoms with Crippen LogP contribution in [0.25, 0.3) is 71.3 Å². The predicted molar refractivity (Wildman–Crippen MR) is 171 cm³/mol. The molecule has 186 valence electrons. The lowest BCUT2D eigenvalue weighted by Crippen LogP contribution is -1.95. The van der Waals surface area contributed by atoms with E-state index in [0.717, 1.165) is 0 Å². The van der Waals surface area contributed by atoms with Crippen LogP contribution in [0.2, 0.25) is 0 Å².